The molecule has 4 nitrogen and oxygen atoms in total. The van der Waals surface area contributed by atoms with Crippen molar-refractivity contribution in [2.75, 3.05) is 0 Å². The van der Waals surface area contributed by atoms with Crippen molar-refractivity contribution in [3.8, 4) is 0 Å². The van der Waals surface area contributed by atoms with E-state index in [9.17, 15) is 4.79 Å². The summed E-state index contributed by atoms with van der Waals surface area (Å²) in [5, 5.41) is 0. The lowest BCUT2D eigenvalue weighted by Gasteiger charge is -2.08. The zero-order valence-corrected chi connectivity index (χ0v) is 9.41. The van der Waals surface area contributed by atoms with Crippen LogP contribution < -0.4 is 0 Å². The molecular weight excluding hydrogens is 232 g/mol. The van der Waals surface area contributed by atoms with E-state index >= 15 is 0 Å². The van der Waals surface area contributed by atoms with Gasteiger partial charge in [0, 0.05) is 0 Å². The molecule has 0 aliphatic heterocycles. The lowest BCUT2D eigenvalue weighted by molar-refractivity contribution is 0.109. The molecule has 18 heavy (non-hydrogen) atoms. The first-order chi connectivity index (χ1) is 8.88. The van der Waals surface area contributed by atoms with E-state index < -0.39 is 0 Å². The van der Waals surface area contributed by atoms with Crippen LogP contribution in [0.15, 0.2) is 62.2 Å². The predicted molar refractivity (Wildman–Crippen MR) is 62.5 cm³/mol. The van der Waals surface area contributed by atoms with Gasteiger partial charge in [0.25, 0.3) is 0 Å². The Bertz CT molecular complexity index is 582. The fraction of sp³-hybridized carbons (Fsp3) is 0.0714. The Balaban J connectivity index is 2.08. The van der Waals surface area contributed by atoms with Crippen molar-refractivity contribution >= 4 is 6.29 Å². The van der Waals surface area contributed by atoms with Gasteiger partial charge in [0.15, 0.2) is 12.0 Å². The second kappa shape index (κ2) is 4.41. The van der Waals surface area contributed by atoms with Gasteiger partial charge in [0.05, 0.1) is 12.5 Å². The lowest BCUT2D eigenvalue weighted by Crippen LogP contribution is -1.99. The van der Waals surface area contributed by atoms with Crippen LogP contribution in [0.25, 0.3) is 0 Å². The molecule has 0 atom stereocenters. The van der Waals surface area contributed by atoms with E-state index in [0.29, 0.717) is 23.6 Å². The summed E-state index contributed by atoms with van der Waals surface area (Å²) in [5.41, 5.74) is 0. The van der Waals surface area contributed by atoms with Crippen LogP contribution in [0.1, 0.15) is 33.8 Å². The van der Waals surface area contributed by atoms with Crippen molar-refractivity contribution in [1.82, 2.24) is 0 Å². The number of rotatable bonds is 4. The Morgan fingerprint density at radius 3 is 2.00 bits per heavy atom. The highest BCUT2D eigenvalue weighted by atomic mass is 16.4. The van der Waals surface area contributed by atoms with E-state index in [1.54, 1.807) is 36.8 Å². The molecule has 90 valence electrons. The summed E-state index contributed by atoms with van der Waals surface area (Å²) in [6, 6.07) is 10.7. The predicted octanol–water partition coefficient (Wildman–Crippen LogP) is 3.46. The Hall–Kier alpha value is -2.49. The molecule has 0 unspecified atom stereocenters. The molecular formula is C14H10O4. The largest absolute Gasteiger partial charge is 0.468 e. The van der Waals surface area contributed by atoms with Gasteiger partial charge in [-0.15, -0.1) is 0 Å². The first kappa shape index (κ1) is 10.7. The minimum atomic E-state index is -0.274. The van der Waals surface area contributed by atoms with Crippen molar-refractivity contribution in [1.29, 1.82) is 0 Å². The summed E-state index contributed by atoms with van der Waals surface area (Å²) >= 11 is 0. The van der Waals surface area contributed by atoms with Gasteiger partial charge in [-0.05, 0) is 36.4 Å². The summed E-state index contributed by atoms with van der Waals surface area (Å²) in [6.07, 6.45) is 3.86. The minimum Gasteiger partial charge on any atom is -0.468 e. The second-order valence-electron chi connectivity index (χ2n) is 3.82. The van der Waals surface area contributed by atoms with Crippen LogP contribution in [-0.4, -0.2) is 6.29 Å². The average Bonchev–Trinajstić information content (AvgIpc) is 3.13. The van der Waals surface area contributed by atoms with Crippen molar-refractivity contribution < 1.29 is 18.0 Å². The molecule has 0 amide bonds. The van der Waals surface area contributed by atoms with Crippen molar-refractivity contribution in [2.45, 2.75) is 5.92 Å². The first-order valence-electron chi connectivity index (χ1n) is 5.50. The zero-order chi connectivity index (χ0) is 12.4. The van der Waals surface area contributed by atoms with E-state index in [0.717, 1.165) is 0 Å². The molecule has 0 aliphatic rings. The molecule has 0 N–H and O–H groups in total. The van der Waals surface area contributed by atoms with E-state index in [4.69, 9.17) is 13.3 Å². The molecule has 0 fully saturated rings. The highest BCUT2D eigenvalue weighted by molar-refractivity contribution is 5.70. The molecule has 0 aliphatic carbocycles. The fourth-order valence-electron chi connectivity index (χ4n) is 1.92. The highest BCUT2D eigenvalue weighted by Gasteiger charge is 2.25. The minimum absolute atomic E-state index is 0.274. The van der Waals surface area contributed by atoms with Gasteiger partial charge in [-0.3, -0.25) is 4.79 Å². The van der Waals surface area contributed by atoms with Gasteiger partial charge < -0.3 is 13.3 Å². The van der Waals surface area contributed by atoms with Crippen molar-refractivity contribution in [3.05, 3.63) is 72.0 Å². The van der Waals surface area contributed by atoms with E-state index in [1.165, 1.54) is 0 Å². The number of furan rings is 3. The molecule has 0 saturated heterocycles. The third-order valence-electron chi connectivity index (χ3n) is 2.70. The molecule has 0 radical (unpaired) electrons. The quantitative estimate of drug-likeness (QED) is 0.657. The van der Waals surface area contributed by atoms with E-state index in [2.05, 4.69) is 0 Å². The number of hydrogen-bond acceptors (Lipinski definition) is 4. The van der Waals surface area contributed by atoms with Crippen molar-refractivity contribution in [3.63, 3.8) is 0 Å². The van der Waals surface area contributed by atoms with Crippen LogP contribution in [0.5, 0.6) is 0 Å². The third kappa shape index (κ3) is 1.78. The maximum Gasteiger partial charge on any atom is 0.185 e. The molecule has 0 aromatic carbocycles. The Morgan fingerprint density at radius 1 is 0.889 bits per heavy atom. The van der Waals surface area contributed by atoms with Crippen LogP contribution in [0.3, 0.4) is 0 Å². The summed E-state index contributed by atoms with van der Waals surface area (Å²) in [4.78, 5) is 10.7. The standard InChI is InChI=1S/C14H10O4/c15-9-10-5-6-13(18-10)14(11-3-1-7-16-11)12-4-2-8-17-12/h1-9,14H. The number of aldehydes is 1. The average molecular weight is 242 g/mol. The Morgan fingerprint density at radius 2 is 1.56 bits per heavy atom. The van der Waals surface area contributed by atoms with E-state index in [1.807, 2.05) is 12.1 Å². The zero-order valence-electron chi connectivity index (χ0n) is 9.41. The summed E-state index contributed by atoms with van der Waals surface area (Å²) in [7, 11) is 0. The van der Waals surface area contributed by atoms with Crippen LogP contribution in [0.4, 0.5) is 0 Å². The molecule has 3 rings (SSSR count). The number of carbonyl (C=O) groups excluding carboxylic acids is 1. The van der Waals surface area contributed by atoms with E-state index in [-0.39, 0.29) is 11.7 Å². The summed E-state index contributed by atoms with van der Waals surface area (Å²) in [6.45, 7) is 0. The van der Waals surface area contributed by atoms with Gasteiger partial charge in [0.1, 0.15) is 23.2 Å². The highest BCUT2D eigenvalue weighted by Crippen LogP contribution is 2.33. The fourth-order valence-corrected chi connectivity index (χ4v) is 1.92. The maximum absolute atomic E-state index is 10.7. The molecule has 3 aromatic heterocycles. The molecule has 0 spiro atoms. The molecule has 3 heterocycles. The van der Waals surface area contributed by atoms with Gasteiger partial charge in [-0.25, -0.2) is 0 Å². The maximum atomic E-state index is 10.7. The Labute approximate surface area is 103 Å². The van der Waals surface area contributed by atoms with Gasteiger partial charge in [0.2, 0.25) is 0 Å². The topological polar surface area (TPSA) is 56.5 Å². The Kier molecular flexibility index (Phi) is 2.61. The van der Waals surface area contributed by atoms with Crippen LogP contribution in [-0.2, 0) is 0 Å². The van der Waals surface area contributed by atoms with Crippen molar-refractivity contribution in [2.24, 2.45) is 0 Å². The third-order valence-corrected chi connectivity index (χ3v) is 2.70. The van der Waals surface area contributed by atoms with Gasteiger partial charge >= 0.3 is 0 Å². The summed E-state index contributed by atoms with van der Waals surface area (Å²) < 4.78 is 16.3. The molecule has 0 bridgehead atoms. The second-order valence-corrected chi connectivity index (χ2v) is 3.82. The smallest absolute Gasteiger partial charge is 0.185 e. The normalized spacial score (nSPS) is 10.9. The van der Waals surface area contributed by atoms with Crippen LogP contribution in [0.2, 0.25) is 0 Å². The lowest BCUT2D eigenvalue weighted by atomic mass is 10.0. The van der Waals surface area contributed by atoms with Gasteiger partial charge in [-0.2, -0.15) is 0 Å². The molecule has 4 heteroatoms. The molecule has 0 saturated carbocycles. The van der Waals surface area contributed by atoms with Crippen LogP contribution >= 0.6 is 0 Å². The number of hydrogen-bond donors (Lipinski definition) is 0. The molecule has 3 aromatic rings. The summed E-state index contributed by atoms with van der Waals surface area (Å²) in [5.74, 6) is 2.03. The van der Waals surface area contributed by atoms with Crippen LogP contribution in [0, 0.1) is 0 Å². The van der Waals surface area contributed by atoms with Gasteiger partial charge in [-0.1, -0.05) is 0 Å². The SMILES string of the molecule is O=Cc1ccc(C(c2ccco2)c2ccco2)o1. The first-order valence-corrected chi connectivity index (χ1v) is 5.50. The number of carbonyl (C=O) groups is 1. The monoisotopic (exact) mass is 242 g/mol.